The SMILES string of the molecule is Oc1c(Cl)cc(Cl)cc1-c1csc(-c2cc(Cl)c(Cl)[nH]2)n1. The Hall–Kier alpha value is -0.910. The summed E-state index contributed by atoms with van der Waals surface area (Å²) in [5.74, 6) is -0.0551. The van der Waals surface area contributed by atoms with Gasteiger partial charge in [-0.2, -0.15) is 0 Å². The van der Waals surface area contributed by atoms with Crippen molar-refractivity contribution in [2.45, 2.75) is 0 Å². The van der Waals surface area contributed by atoms with Crippen molar-refractivity contribution in [1.82, 2.24) is 9.97 Å². The summed E-state index contributed by atoms with van der Waals surface area (Å²) in [6.07, 6.45) is 0. The van der Waals surface area contributed by atoms with E-state index in [1.165, 1.54) is 17.4 Å². The molecule has 0 radical (unpaired) electrons. The largest absolute Gasteiger partial charge is 0.506 e. The lowest BCUT2D eigenvalue weighted by Crippen LogP contribution is -1.82. The molecule has 2 N–H and O–H groups in total. The number of phenolic OH excluding ortho intramolecular Hbond substituents is 1. The Kier molecular flexibility index (Phi) is 4.08. The summed E-state index contributed by atoms with van der Waals surface area (Å²) >= 11 is 25.1. The highest BCUT2D eigenvalue weighted by Gasteiger charge is 2.15. The van der Waals surface area contributed by atoms with Gasteiger partial charge in [0, 0.05) is 16.0 Å². The van der Waals surface area contributed by atoms with Crippen molar-refractivity contribution in [3.8, 4) is 27.7 Å². The summed E-state index contributed by atoms with van der Waals surface area (Å²) in [4.78, 5) is 7.37. The van der Waals surface area contributed by atoms with Crippen LogP contribution in [-0.2, 0) is 0 Å². The van der Waals surface area contributed by atoms with Gasteiger partial charge in [0.05, 0.1) is 21.4 Å². The highest BCUT2D eigenvalue weighted by molar-refractivity contribution is 7.13. The van der Waals surface area contributed by atoms with E-state index in [-0.39, 0.29) is 10.8 Å². The molecule has 0 amide bonds. The highest BCUT2D eigenvalue weighted by Crippen LogP contribution is 2.40. The number of aromatic amines is 1. The molecule has 21 heavy (non-hydrogen) atoms. The number of rotatable bonds is 2. The zero-order valence-electron chi connectivity index (χ0n) is 10.1. The minimum absolute atomic E-state index is 0.0551. The van der Waals surface area contributed by atoms with Gasteiger partial charge in [0.1, 0.15) is 15.9 Å². The first-order chi connectivity index (χ1) is 9.95. The molecule has 2 aromatic heterocycles. The molecule has 3 nitrogen and oxygen atoms in total. The summed E-state index contributed by atoms with van der Waals surface area (Å²) in [5.41, 5.74) is 1.74. The number of hydrogen-bond acceptors (Lipinski definition) is 3. The maximum atomic E-state index is 10.0. The van der Waals surface area contributed by atoms with Gasteiger partial charge in [-0.1, -0.05) is 46.4 Å². The molecular formula is C13H6Cl4N2OS. The third-order valence-electron chi connectivity index (χ3n) is 2.76. The highest BCUT2D eigenvalue weighted by atomic mass is 35.5. The van der Waals surface area contributed by atoms with Crippen molar-refractivity contribution in [3.63, 3.8) is 0 Å². The molecule has 0 fully saturated rings. The molecule has 108 valence electrons. The van der Waals surface area contributed by atoms with Crippen LogP contribution in [0.1, 0.15) is 0 Å². The van der Waals surface area contributed by atoms with Crippen LogP contribution in [0.5, 0.6) is 5.75 Å². The van der Waals surface area contributed by atoms with E-state index in [0.717, 1.165) is 0 Å². The lowest BCUT2D eigenvalue weighted by molar-refractivity contribution is 0.477. The van der Waals surface area contributed by atoms with Crippen LogP contribution in [0.25, 0.3) is 22.0 Å². The van der Waals surface area contributed by atoms with Crippen molar-refractivity contribution in [2.75, 3.05) is 0 Å². The molecule has 0 unspecified atom stereocenters. The molecule has 2 heterocycles. The zero-order valence-corrected chi connectivity index (χ0v) is 14.0. The van der Waals surface area contributed by atoms with Crippen LogP contribution in [0, 0.1) is 0 Å². The summed E-state index contributed by atoms with van der Waals surface area (Å²) in [7, 11) is 0. The van der Waals surface area contributed by atoms with Gasteiger partial charge in [-0.05, 0) is 18.2 Å². The van der Waals surface area contributed by atoms with E-state index >= 15 is 0 Å². The first kappa shape index (κ1) is 15.0. The van der Waals surface area contributed by atoms with Crippen molar-refractivity contribution in [3.05, 3.63) is 43.8 Å². The third kappa shape index (κ3) is 2.87. The number of nitrogens with zero attached hydrogens (tertiary/aromatic N) is 1. The number of benzene rings is 1. The first-order valence-corrected chi connectivity index (χ1v) is 8.03. The predicted molar refractivity (Wildman–Crippen MR) is 89.0 cm³/mol. The van der Waals surface area contributed by atoms with Gasteiger partial charge in [-0.15, -0.1) is 11.3 Å². The minimum Gasteiger partial charge on any atom is -0.506 e. The molecule has 3 rings (SSSR count). The van der Waals surface area contributed by atoms with Gasteiger partial charge >= 0.3 is 0 Å². The molecule has 0 atom stereocenters. The zero-order chi connectivity index (χ0) is 15.1. The molecule has 3 aromatic rings. The molecular weight excluding hydrogens is 374 g/mol. The number of phenols is 1. The number of halogens is 4. The van der Waals surface area contributed by atoms with Gasteiger partial charge < -0.3 is 10.1 Å². The Balaban J connectivity index is 2.06. The van der Waals surface area contributed by atoms with Crippen LogP contribution in [0.3, 0.4) is 0 Å². The van der Waals surface area contributed by atoms with E-state index in [2.05, 4.69) is 9.97 Å². The topological polar surface area (TPSA) is 48.9 Å². The normalized spacial score (nSPS) is 11.0. The Morgan fingerprint density at radius 1 is 1.05 bits per heavy atom. The fraction of sp³-hybridized carbons (Fsp3) is 0. The Morgan fingerprint density at radius 3 is 2.48 bits per heavy atom. The number of hydrogen-bond donors (Lipinski definition) is 2. The van der Waals surface area contributed by atoms with Gasteiger partial charge in [0.15, 0.2) is 0 Å². The predicted octanol–water partition coefficient (Wildman–Crippen LogP) is 6.12. The van der Waals surface area contributed by atoms with E-state index < -0.39 is 0 Å². The smallest absolute Gasteiger partial charge is 0.143 e. The molecule has 0 aliphatic carbocycles. The van der Waals surface area contributed by atoms with Gasteiger partial charge in [0.2, 0.25) is 0 Å². The standard InChI is InChI=1S/C13H6Cl4N2OS/c14-5-1-6(11(20)7(15)2-5)10-4-21-13(19-10)9-3-8(16)12(17)18-9/h1-4,18,20H. The second kappa shape index (κ2) is 5.71. The molecule has 0 aliphatic rings. The molecule has 8 heteroatoms. The van der Waals surface area contributed by atoms with Crippen LogP contribution in [0.2, 0.25) is 20.2 Å². The summed E-state index contributed by atoms with van der Waals surface area (Å²) in [6, 6.07) is 4.77. The average molecular weight is 380 g/mol. The Labute approximate surface area is 144 Å². The maximum absolute atomic E-state index is 10.0. The second-order valence-corrected chi connectivity index (χ2v) is 6.65. The molecule has 0 saturated carbocycles. The quantitative estimate of drug-likeness (QED) is 0.563. The van der Waals surface area contributed by atoms with Crippen LogP contribution in [-0.4, -0.2) is 15.1 Å². The Morgan fingerprint density at radius 2 is 1.81 bits per heavy atom. The third-order valence-corrected chi connectivity index (χ3v) is 4.84. The molecule has 0 aliphatic heterocycles. The van der Waals surface area contributed by atoms with Crippen LogP contribution in [0.4, 0.5) is 0 Å². The summed E-state index contributed by atoms with van der Waals surface area (Å²) in [6.45, 7) is 0. The lowest BCUT2D eigenvalue weighted by Gasteiger charge is -2.04. The first-order valence-electron chi connectivity index (χ1n) is 5.64. The average Bonchev–Trinajstić information content (AvgIpc) is 3.02. The van der Waals surface area contributed by atoms with Crippen LogP contribution in [0.15, 0.2) is 23.6 Å². The fourth-order valence-electron chi connectivity index (χ4n) is 1.80. The number of nitrogens with one attached hydrogen (secondary N) is 1. The van der Waals surface area contributed by atoms with E-state index in [9.17, 15) is 5.11 Å². The minimum atomic E-state index is -0.0551. The Bertz CT molecular complexity index is 808. The summed E-state index contributed by atoms with van der Waals surface area (Å²) in [5, 5.41) is 13.9. The second-order valence-electron chi connectivity index (χ2n) is 4.17. The molecule has 0 spiro atoms. The van der Waals surface area contributed by atoms with Crippen molar-refractivity contribution < 1.29 is 5.11 Å². The van der Waals surface area contributed by atoms with Crippen molar-refractivity contribution >= 4 is 57.7 Å². The number of H-pyrrole nitrogens is 1. The maximum Gasteiger partial charge on any atom is 0.143 e. The van der Waals surface area contributed by atoms with E-state index in [4.69, 9.17) is 46.4 Å². The van der Waals surface area contributed by atoms with Crippen molar-refractivity contribution in [2.24, 2.45) is 0 Å². The number of aromatic nitrogens is 2. The number of aromatic hydroxyl groups is 1. The van der Waals surface area contributed by atoms with E-state index in [0.29, 0.717) is 37.2 Å². The van der Waals surface area contributed by atoms with Gasteiger partial charge in [-0.25, -0.2) is 4.98 Å². The molecule has 0 saturated heterocycles. The van der Waals surface area contributed by atoms with Gasteiger partial charge in [-0.3, -0.25) is 0 Å². The monoisotopic (exact) mass is 378 g/mol. The molecule has 1 aromatic carbocycles. The fourth-order valence-corrected chi connectivity index (χ4v) is 3.40. The van der Waals surface area contributed by atoms with Crippen molar-refractivity contribution in [1.29, 1.82) is 0 Å². The van der Waals surface area contributed by atoms with E-state index in [1.807, 2.05) is 0 Å². The molecule has 0 bridgehead atoms. The lowest BCUT2D eigenvalue weighted by atomic mass is 10.1. The number of thiazole rings is 1. The van der Waals surface area contributed by atoms with Gasteiger partial charge in [0.25, 0.3) is 0 Å². The van der Waals surface area contributed by atoms with Crippen LogP contribution < -0.4 is 0 Å². The summed E-state index contributed by atoms with van der Waals surface area (Å²) < 4.78 is 0. The van der Waals surface area contributed by atoms with E-state index in [1.54, 1.807) is 17.5 Å². The van der Waals surface area contributed by atoms with Crippen LogP contribution >= 0.6 is 57.7 Å².